The molecule has 0 aliphatic heterocycles. The molecule has 3 rings (SSSR count). The molecule has 0 radical (unpaired) electrons. The molecule has 0 saturated heterocycles. The summed E-state index contributed by atoms with van der Waals surface area (Å²) in [5.41, 5.74) is 3.60. The lowest BCUT2D eigenvalue weighted by Crippen LogP contribution is -1.88. The maximum Gasteiger partial charge on any atom is 0.126 e. The van der Waals surface area contributed by atoms with Crippen molar-refractivity contribution in [1.29, 1.82) is 0 Å². The van der Waals surface area contributed by atoms with E-state index in [0.29, 0.717) is 10.0 Å². The number of hydrogen-bond donors (Lipinski definition) is 0. The average Bonchev–Trinajstić information content (AvgIpc) is 2.73. The Morgan fingerprint density at radius 1 is 0.571 bits per heavy atom. The predicted molar refractivity (Wildman–Crippen MR) is 120 cm³/mol. The Hall–Kier alpha value is -2.68. The fourth-order valence-corrected chi connectivity index (χ4v) is 3.33. The first-order valence-corrected chi connectivity index (χ1v) is 9.50. The highest BCUT2D eigenvalue weighted by Crippen LogP contribution is 2.32. The van der Waals surface area contributed by atoms with Crippen molar-refractivity contribution in [3.05, 3.63) is 93.0 Å². The first-order chi connectivity index (χ1) is 13.6. The van der Waals surface area contributed by atoms with Crippen molar-refractivity contribution in [1.82, 2.24) is 0 Å². The van der Waals surface area contributed by atoms with E-state index in [1.807, 2.05) is 72.8 Å². The Bertz CT molecular complexity index is 940. The summed E-state index contributed by atoms with van der Waals surface area (Å²) in [5, 5.41) is 1.24. The zero-order chi connectivity index (χ0) is 19.9. The maximum absolute atomic E-state index is 6.48. The molecule has 0 fully saturated rings. The van der Waals surface area contributed by atoms with Crippen molar-refractivity contribution >= 4 is 47.5 Å². The van der Waals surface area contributed by atoms with Gasteiger partial charge in [0.05, 0.1) is 14.2 Å². The van der Waals surface area contributed by atoms with Gasteiger partial charge in [-0.1, -0.05) is 83.9 Å². The number of methoxy groups -OCH3 is 2. The summed E-state index contributed by atoms with van der Waals surface area (Å²) in [6.45, 7) is 0. The van der Waals surface area contributed by atoms with Gasteiger partial charge in [0.15, 0.2) is 0 Å². The van der Waals surface area contributed by atoms with Crippen molar-refractivity contribution in [2.24, 2.45) is 0 Å². The first kappa shape index (κ1) is 20.1. The molecule has 2 nitrogen and oxygen atoms in total. The van der Waals surface area contributed by atoms with Gasteiger partial charge in [0, 0.05) is 32.3 Å². The third kappa shape index (κ3) is 4.59. The number of halogens is 2. The number of para-hydroxylation sites is 2. The second-order valence-corrected chi connectivity index (χ2v) is 6.82. The van der Waals surface area contributed by atoms with Crippen LogP contribution < -0.4 is 9.47 Å². The molecule has 0 aliphatic carbocycles. The van der Waals surface area contributed by atoms with Crippen LogP contribution in [-0.4, -0.2) is 14.2 Å². The topological polar surface area (TPSA) is 18.5 Å². The summed E-state index contributed by atoms with van der Waals surface area (Å²) in [5.74, 6) is 1.59. The first-order valence-electron chi connectivity index (χ1n) is 8.74. The van der Waals surface area contributed by atoms with Gasteiger partial charge in [0.25, 0.3) is 0 Å². The summed E-state index contributed by atoms with van der Waals surface area (Å²) in [6.07, 6.45) is 7.84. The van der Waals surface area contributed by atoms with E-state index in [4.69, 9.17) is 32.7 Å². The molecule has 0 heterocycles. The summed E-state index contributed by atoms with van der Waals surface area (Å²) in [4.78, 5) is 0. The van der Waals surface area contributed by atoms with Crippen LogP contribution in [0.1, 0.15) is 22.3 Å². The van der Waals surface area contributed by atoms with Crippen molar-refractivity contribution < 1.29 is 9.47 Å². The average molecular weight is 411 g/mol. The van der Waals surface area contributed by atoms with Gasteiger partial charge in [0.2, 0.25) is 0 Å². The Morgan fingerprint density at radius 3 is 1.36 bits per heavy atom. The van der Waals surface area contributed by atoms with E-state index in [0.717, 1.165) is 33.8 Å². The van der Waals surface area contributed by atoms with Crippen LogP contribution in [0.5, 0.6) is 11.5 Å². The largest absolute Gasteiger partial charge is 0.496 e. The molecule has 0 aromatic heterocycles. The lowest BCUT2D eigenvalue weighted by molar-refractivity contribution is 0.414. The van der Waals surface area contributed by atoms with Crippen molar-refractivity contribution in [3.8, 4) is 11.5 Å². The van der Waals surface area contributed by atoms with E-state index in [1.54, 1.807) is 26.4 Å². The van der Waals surface area contributed by atoms with Crippen LogP contribution in [0.2, 0.25) is 10.0 Å². The van der Waals surface area contributed by atoms with Gasteiger partial charge in [-0.2, -0.15) is 0 Å². The second-order valence-electron chi connectivity index (χ2n) is 6.01. The van der Waals surface area contributed by atoms with Gasteiger partial charge in [-0.3, -0.25) is 0 Å². The summed E-state index contributed by atoms with van der Waals surface area (Å²) in [7, 11) is 3.31. The molecule has 3 aromatic rings. The monoisotopic (exact) mass is 410 g/mol. The van der Waals surface area contributed by atoms with Gasteiger partial charge < -0.3 is 9.47 Å². The highest BCUT2D eigenvalue weighted by Gasteiger charge is 2.08. The summed E-state index contributed by atoms with van der Waals surface area (Å²) in [6, 6.07) is 19.2. The lowest BCUT2D eigenvalue weighted by Gasteiger charge is -2.09. The van der Waals surface area contributed by atoms with E-state index in [-0.39, 0.29) is 0 Å². The molecule has 0 spiro atoms. The molecule has 0 amide bonds. The molecule has 0 N–H and O–H groups in total. The van der Waals surface area contributed by atoms with Crippen LogP contribution in [0.25, 0.3) is 24.3 Å². The molecule has 0 bridgehead atoms. The van der Waals surface area contributed by atoms with Gasteiger partial charge in [-0.15, -0.1) is 0 Å². The molecule has 0 aliphatic rings. The minimum absolute atomic E-state index is 0.621. The van der Waals surface area contributed by atoms with Crippen molar-refractivity contribution in [3.63, 3.8) is 0 Å². The number of rotatable bonds is 6. The normalized spacial score (nSPS) is 11.3. The summed E-state index contributed by atoms with van der Waals surface area (Å²) < 4.78 is 10.8. The molecule has 28 heavy (non-hydrogen) atoms. The fraction of sp³-hybridized carbons (Fsp3) is 0.0833. The van der Waals surface area contributed by atoms with E-state index >= 15 is 0 Å². The third-order valence-corrected chi connectivity index (χ3v) is 4.98. The van der Waals surface area contributed by atoms with Gasteiger partial charge >= 0.3 is 0 Å². The van der Waals surface area contributed by atoms with Crippen LogP contribution >= 0.6 is 23.2 Å². The van der Waals surface area contributed by atoms with Crippen LogP contribution in [0.15, 0.2) is 60.7 Å². The minimum atomic E-state index is 0.621. The standard InChI is InChI=1S/C24H20Cl2O2/c1-27-23-9-5-3-7-17(23)11-13-19-20(22(26)16-15-21(19)25)14-12-18-8-4-6-10-24(18)28-2/h3-16H,1-2H3/b13-11-,14-12-. The lowest BCUT2D eigenvalue weighted by atomic mass is 10.0. The Morgan fingerprint density at radius 2 is 0.964 bits per heavy atom. The highest BCUT2D eigenvalue weighted by atomic mass is 35.5. The van der Waals surface area contributed by atoms with Crippen LogP contribution in [0.3, 0.4) is 0 Å². The smallest absolute Gasteiger partial charge is 0.126 e. The third-order valence-electron chi connectivity index (χ3n) is 4.32. The minimum Gasteiger partial charge on any atom is -0.496 e. The quantitative estimate of drug-likeness (QED) is 0.395. The zero-order valence-corrected chi connectivity index (χ0v) is 17.2. The second kappa shape index (κ2) is 9.50. The molecule has 0 saturated carbocycles. The number of ether oxygens (including phenoxy) is 2. The molecule has 0 atom stereocenters. The maximum atomic E-state index is 6.48. The Kier molecular flexibility index (Phi) is 6.80. The Balaban J connectivity index is 2.02. The predicted octanol–water partition coefficient (Wildman–Crippen LogP) is 7.35. The molecule has 0 unspecified atom stereocenters. The molecular formula is C24H20Cl2O2. The van der Waals surface area contributed by atoms with E-state index in [1.165, 1.54) is 0 Å². The van der Waals surface area contributed by atoms with Crippen LogP contribution in [0.4, 0.5) is 0 Å². The number of hydrogen-bond acceptors (Lipinski definition) is 2. The van der Waals surface area contributed by atoms with Gasteiger partial charge in [-0.25, -0.2) is 0 Å². The van der Waals surface area contributed by atoms with Crippen molar-refractivity contribution in [2.45, 2.75) is 0 Å². The molecule has 142 valence electrons. The van der Waals surface area contributed by atoms with Crippen LogP contribution in [-0.2, 0) is 0 Å². The molecular weight excluding hydrogens is 391 g/mol. The molecule has 3 aromatic carbocycles. The zero-order valence-electron chi connectivity index (χ0n) is 15.7. The van der Waals surface area contributed by atoms with E-state index in [2.05, 4.69) is 0 Å². The number of benzene rings is 3. The Labute approximate surface area is 175 Å². The van der Waals surface area contributed by atoms with E-state index in [9.17, 15) is 0 Å². The van der Waals surface area contributed by atoms with E-state index < -0.39 is 0 Å². The highest BCUT2D eigenvalue weighted by molar-refractivity contribution is 6.35. The fourth-order valence-electron chi connectivity index (χ4n) is 2.88. The SMILES string of the molecule is COc1ccccc1/C=C\c1c(Cl)ccc(Cl)c1/C=C\c1ccccc1OC. The van der Waals surface area contributed by atoms with Crippen molar-refractivity contribution in [2.75, 3.05) is 14.2 Å². The van der Waals surface area contributed by atoms with Crippen LogP contribution in [0, 0.1) is 0 Å². The van der Waals surface area contributed by atoms with Gasteiger partial charge in [0.1, 0.15) is 11.5 Å². The van der Waals surface area contributed by atoms with Gasteiger partial charge in [-0.05, 0) is 24.3 Å². The molecule has 4 heteroatoms. The summed E-state index contributed by atoms with van der Waals surface area (Å²) >= 11 is 13.0.